The normalized spacial score (nSPS) is 17.5. The van der Waals surface area contributed by atoms with Crippen molar-refractivity contribution in [2.24, 2.45) is 11.3 Å². The first-order valence-corrected chi connectivity index (χ1v) is 13.6. The van der Waals surface area contributed by atoms with Gasteiger partial charge in [0.15, 0.2) is 22.3 Å². The number of fused-ring (bicyclic) bond motifs is 6. The van der Waals surface area contributed by atoms with Crippen LogP contribution in [-0.4, -0.2) is 44.5 Å². The molecule has 10 heteroatoms. The summed E-state index contributed by atoms with van der Waals surface area (Å²) in [6, 6.07) is 5.41. The van der Waals surface area contributed by atoms with Crippen molar-refractivity contribution >= 4 is 50.6 Å². The van der Waals surface area contributed by atoms with Crippen LogP contribution in [0.3, 0.4) is 0 Å². The van der Waals surface area contributed by atoms with Gasteiger partial charge in [0, 0.05) is 16.6 Å². The highest BCUT2D eigenvalue weighted by molar-refractivity contribution is 7.99. The number of ether oxygens (including phenoxy) is 2. The zero-order valence-corrected chi connectivity index (χ0v) is 21.6. The van der Waals surface area contributed by atoms with Crippen LogP contribution in [0, 0.1) is 11.3 Å². The molecule has 4 aromatic rings. The summed E-state index contributed by atoms with van der Waals surface area (Å²) in [5.74, 6) is 2.10. The smallest absolute Gasteiger partial charge is 0.234 e. The number of hydrogen-bond donors (Lipinski definition) is 1. The number of thiophene rings is 1. The van der Waals surface area contributed by atoms with Crippen LogP contribution in [0.15, 0.2) is 29.7 Å². The lowest BCUT2D eigenvalue weighted by molar-refractivity contribution is -0.113. The van der Waals surface area contributed by atoms with Gasteiger partial charge in [-0.2, -0.15) is 0 Å². The van der Waals surface area contributed by atoms with Gasteiger partial charge in [0.25, 0.3) is 0 Å². The topological polar surface area (TPSA) is 90.6 Å². The molecule has 1 aliphatic heterocycles. The van der Waals surface area contributed by atoms with E-state index >= 15 is 0 Å². The Morgan fingerprint density at radius 1 is 1.23 bits per heavy atom. The predicted octanol–water partition coefficient (Wildman–Crippen LogP) is 4.99. The Labute approximate surface area is 211 Å². The van der Waals surface area contributed by atoms with Crippen LogP contribution < -0.4 is 14.8 Å². The average Bonchev–Trinajstić information content (AvgIpc) is 3.42. The third-order valence-electron chi connectivity index (χ3n) is 6.81. The maximum absolute atomic E-state index is 12.6. The van der Waals surface area contributed by atoms with Crippen LogP contribution in [0.4, 0.5) is 5.69 Å². The van der Waals surface area contributed by atoms with Gasteiger partial charge in [-0.15, -0.1) is 21.5 Å². The van der Waals surface area contributed by atoms with Crippen molar-refractivity contribution in [3.05, 3.63) is 35.0 Å². The number of aromatic nitrogens is 4. The summed E-state index contributed by atoms with van der Waals surface area (Å²) < 4.78 is 13.0. The minimum Gasteiger partial charge on any atom is -0.486 e. The molecule has 1 aromatic carbocycles. The van der Waals surface area contributed by atoms with E-state index in [1.165, 1.54) is 28.6 Å². The van der Waals surface area contributed by atoms with E-state index in [0.29, 0.717) is 46.9 Å². The number of anilines is 1. The highest BCUT2D eigenvalue weighted by atomic mass is 32.2. The molecule has 3 aromatic heterocycles. The molecule has 1 amide bonds. The standard InChI is InChI=1S/C25H27N5O3S2/c1-25(2,3)14-4-6-16-19(10-14)35-23-21(16)22-28-29-24(30(22)13-26-23)34-12-20(31)27-15-5-7-17-18(11-15)33-9-8-32-17/h5,7,11,13-14H,4,6,8-10,12H2,1-3H3,(H,27,31). The Bertz CT molecular complexity index is 1440. The zero-order valence-electron chi connectivity index (χ0n) is 20.0. The number of carbonyl (C=O) groups excluding carboxylic acids is 1. The lowest BCUT2D eigenvalue weighted by Crippen LogP contribution is -2.26. The van der Waals surface area contributed by atoms with Gasteiger partial charge >= 0.3 is 0 Å². The number of nitrogens with zero attached hydrogens (tertiary/aromatic N) is 4. The molecule has 0 saturated heterocycles. The number of amides is 1. The first kappa shape index (κ1) is 22.6. The van der Waals surface area contributed by atoms with Crippen LogP contribution in [0.1, 0.15) is 37.6 Å². The Kier molecular flexibility index (Phi) is 5.60. The minimum absolute atomic E-state index is 0.126. The number of aryl methyl sites for hydroxylation is 1. The van der Waals surface area contributed by atoms with E-state index in [-0.39, 0.29) is 11.7 Å². The molecule has 1 unspecified atom stereocenters. The van der Waals surface area contributed by atoms with Gasteiger partial charge in [-0.1, -0.05) is 32.5 Å². The van der Waals surface area contributed by atoms with Crippen LogP contribution in [0.2, 0.25) is 0 Å². The fraction of sp³-hybridized carbons (Fsp3) is 0.440. The third kappa shape index (κ3) is 4.23. The molecule has 0 saturated carbocycles. The molecule has 0 radical (unpaired) electrons. The second kappa shape index (κ2) is 8.67. The second-order valence-corrected chi connectivity index (χ2v) is 12.1. The lowest BCUT2D eigenvalue weighted by Gasteiger charge is -2.33. The second-order valence-electron chi connectivity index (χ2n) is 10.1. The minimum atomic E-state index is -0.126. The Morgan fingerprint density at radius 2 is 2.06 bits per heavy atom. The summed E-state index contributed by atoms with van der Waals surface area (Å²) in [5, 5.41) is 13.6. The van der Waals surface area contributed by atoms with Gasteiger partial charge in [0.05, 0.1) is 11.1 Å². The number of hydrogen-bond acceptors (Lipinski definition) is 8. The SMILES string of the molecule is CC(C)(C)C1CCc2c(sc3ncn4c(SCC(=O)Nc5ccc6c(c5)OCCO6)nnc4c23)C1. The largest absolute Gasteiger partial charge is 0.486 e. The van der Waals surface area contributed by atoms with Crippen LogP contribution in [-0.2, 0) is 17.6 Å². The van der Waals surface area contributed by atoms with Crippen molar-refractivity contribution < 1.29 is 14.3 Å². The molecule has 35 heavy (non-hydrogen) atoms. The molecule has 4 heterocycles. The van der Waals surface area contributed by atoms with Gasteiger partial charge in [0.1, 0.15) is 24.4 Å². The quantitative estimate of drug-likeness (QED) is 0.388. The van der Waals surface area contributed by atoms with Gasteiger partial charge in [-0.25, -0.2) is 4.98 Å². The maximum atomic E-state index is 12.6. The molecule has 8 nitrogen and oxygen atoms in total. The van der Waals surface area contributed by atoms with Crippen molar-refractivity contribution in [2.45, 2.75) is 45.2 Å². The van der Waals surface area contributed by atoms with E-state index in [1.807, 2.05) is 16.5 Å². The molecule has 2 aliphatic rings. The number of nitrogens with one attached hydrogen (secondary N) is 1. The number of thioether (sulfide) groups is 1. The van der Waals surface area contributed by atoms with Crippen molar-refractivity contribution in [2.75, 3.05) is 24.3 Å². The Balaban J connectivity index is 1.19. The van der Waals surface area contributed by atoms with Crippen molar-refractivity contribution in [1.29, 1.82) is 0 Å². The number of carbonyl (C=O) groups is 1. The van der Waals surface area contributed by atoms with E-state index in [2.05, 4.69) is 36.3 Å². The van der Waals surface area contributed by atoms with E-state index in [1.54, 1.807) is 23.7 Å². The van der Waals surface area contributed by atoms with E-state index in [4.69, 9.17) is 14.5 Å². The number of benzene rings is 1. The van der Waals surface area contributed by atoms with Gasteiger partial charge < -0.3 is 14.8 Å². The van der Waals surface area contributed by atoms with Gasteiger partial charge in [-0.3, -0.25) is 9.20 Å². The van der Waals surface area contributed by atoms with Crippen molar-refractivity contribution in [3.8, 4) is 11.5 Å². The number of rotatable bonds is 4. The summed E-state index contributed by atoms with van der Waals surface area (Å²) in [4.78, 5) is 19.8. The van der Waals surface area contributed by atoms with E-state index in [9.17, 15) is 4.79 Å². The van der Waals surface area contributed by atoms with E-state index in [0.717, 1.165) is 28.7 Å². The molecule has 6 rings (SSSR count). The molecular weight excluding hydrogens is 482 g/mol. The first-order chi connectivity index (χ1) is 16.9. The van der Waals surface area contributed by atoms with Crippen LogP contribution in [0.5, 0.6) is 11.5 Å². The highest BCUT2D eigenvalue weighted by Crippen LogP contribution is 2.43. The molecule has 1 N–H and O–H groups in total. The Hall–Kier alpha value is -2.85. The summed E-state index contributed by atoms with van der Waals surface area (Å²) in [6.45, 7) is 8.04. The van der Waals surface area contributed by atoms with Crippen molar-refractivity contribution in [3.63, 3.8) is 0 Å². The van der Waals surface area contributed by atoms with Crippen molar-refractivity contribution in [1.82, 2.24) is 19.6 Å². The molecule has 1 atom stereocenters. The van der Waals surface area contributed by atoms with Crippen LogP contribution in [0.25, 0.3) is 15.9 Å². The highest BCUT2D eigenvalue weighted by Gasteiger charge is 2.32. The maximum Gasteiger partial charge on any atom is 0.234 e. The van der Waals surface area contributed by atoms with Gasteiger partial charge in [0.2, 0.25) is 5.91 Å². The summed E-state index contributed by atoms with van der Waals surface area (Å²) in [5.41, 5.74) is 3.18. The molecule has 182 valence electrons. The molecule has 1 aliphatic carbocycles. The molecule has 0 fully saturated rings. The monoisotopic (exact) mass is 509 g/mol. The third-order valence-corrected chi connectivity index (χ3v) is 8.91. The van der Waals surface area contributed by atoms with Gasteiger partial charge in [-0.05, 0) is 48.3 Å². The average molecular weight is 510 g/mol. The first-order valence-electron chi connectivity index (χ1n) is 11.8. The predicted molar refractivity (Wildman–Crippen MR) is 138 cm³/mol. The summed E-state index contributed by atoms with van der Waals surface area (Å²) in [7, 11) is 0. The zero-order chi connectivity index (χ0) is 24.2. The molecule has 0 bridgehead atoms. The summed E-state index contributed by atoms with van der Waals surface area (Å²) in [6.07, 6.45) is 5.11. The van der Waals surface area contributed by atoms with E-state index < -0.39 is 0 Å². The summed E-state index contributed by atoms with van der Waals surface area (Å²) >= 11 is 3.14. The fourth-order valence-electron chi connectivity index (χ4n) is 4.84. The fourth-order valence-corrected chi connectivity index (χ4v) is 6.81. The molecule has 0 spiro atoms. The Morgan fingerprint density at radius 3 is 2.89 bits per heavy atom. The lowest BCUT2D eigenvalue weighted by atomic mass is 9.72. The van der Waals surface area contributed by atoms with Crippen LogP contribution >= 0.6 is 23.1 Å². The molecular formula is C25H27N5O3S2.